The summed E-state index contributed by atoms with van der Waals surface area (Å²) < 4.78 is 0. The van der Waals surface area contributed by atoms with Crippen LogP contribution in [-0.2, 0) is 9.59 Å². The highest BCUT2D eigenvalue weighted by Gasteiger charge is 2.44. The smallest absolute Gasteiger partial charge is 0.289 e. The van der Waals surface area contributed by atoms with Crippen LogP contribution in [0, 0.1) is 15.5 Å². The molecule has 1 heterocycles. The summed E-state index contributed by atoms with van der Waals surface area (Å²) in [5.74, 6) is -0.489. The van der Waals surface area contributed by atoms with Crippen molar-refractivity contribution in [2.75, 3.05) is 11.2 Å². The first kappa shape index (κ1) is 22.6. The lowest BCUT2D eigenvalue weighted by Gasteiger charge is -2.43. The summed E-state index contributed by atoms with van der Waals surface area (Å²) in [6.07, 6.45) is 3.04. The third-order valence-electron chi connectivity index (χ3n) is 6.05. The van der Waals surface area contributed by atoms with E-state index < -0.39 is 4.92 Å². The minimum atomic E-state index is -0.568. The zero-order chi connectivity index (χ0) is 23.2. The fraction of sp³-hybridized carbons (Fsp3) is 0.333. The largest absolute Gasteiger partial charge is 0.294 e. The van der Waals surface area contributed by atoms with E-state index in [-0.39, 0.29) is 40.2 Å². The van der Waals surface area contributed by atoms with E-state index in [4.69, 9.17) is 11.6 Å². The second kappa shape index (κ2) is 8.37. The van der Waals surface area contributed by atoms with Gasteiger partial charge >= 0.3 is 0 Å². The zero-order valence-electron chi connectivity index (χ0n) is 18.1. The number of allylic oxidation sites excluding steroid dienone is 2. The molecular formula is C24H23ClN2O4S. The molecule has 0 spiro atoms. The lowest BCUT2D eigenvalue weighted by atomic mass is 9.69. The number of nitro groups is 1. The maximum absolute atomic E-state index is 13.4. The Bertz CT molecular complexity index is 1160. The molecule has 0 bridgehead atoms. The van der Waals surface area contributed by atoms with Gasteiger partial charge in [0.2, 0.25) is 5.91 Å². The molecular weight excluding hydrogens is 448 g/mol. The second-order valence-electron chi connectivity index (χ2n) is 8.95. The van der Waals surface area contributed by atoms with Gasteiger partial charge in [-0.3, -0.25) is 24.6 Å². The van der Waals surface area contributed by atoms with Gasteiger partial charge in [-0.15, -0.1) is 11.8 Å². The number of benzene rings is 2. The van der Waals surface area contributed by atoms with Crippen molar-refractivity contribution in [3.63, 3.8) is 0 Å². The zero-order valence-corrected chi connectivity index (χ0v) is 19.6. The summed E-state index contributed by atoms with van der Waals surface area (Å²) >= 11 is 7.62. The number of rotatable bonds is 4. The lowest BCUT2D eigenvalue weighted by Crippen LogP contribution is -2.43. The predicted octanol–water partition coefficient (Wildman–Crippen LogP) is 6.13. The van der Waals surface area contributed by atoms with Gasteiger partial charge in [0, 0.05) is 41.0 Å². The van der Waals surface area contributed by atoms with E-state index in [1.807, 2.05) is 44.4 Å². The van der Waals surface area contributed by atoms with Crippen LogP contribution in [0.4, 0.5) is 11.4 Å². The van der Waals surface area contributed by atoms with Crippen molar-refractivity contribution in [2.45, 2.75) is 43.9 Å². The first-order valence-corrected chi connectivity index (χ1v) is 11.9. The molecule has 0 aromatic heterocycles. The molecule has 6 nitrogen and oxygen atoms in total. The summed E-state index contributed by atoms with van der Waals surface area (Å²) in [6.45, 7) is 4.00. The Morgan fingerprint density at radius 2 is 1.81 bits per heavy atom. The SMILES string of the molecule is CSc1ccc(C2CC(=O)N(c3ccc(Cl)c([N+](=O)[O-])c3)C3=C2C(=O)CC(C)(C)C3)cc1. The second-order valence-corrected chi connectivity index (χ2v) is 10.2. The number of anilines is 1. The van der Waals surface area contributed by atoms with E-state index in [9.17, 15) is 19.7 Å². The summed E-state index contributed by atoms with van der Waals surface area (Å²) in [7, 11) is 0. The van der Waals surface area contributed by atoms with Crippen LogP contribution in [0.2, 0.25) is 5.02 Å². The van der Waals surface area contributed by atoms with Gasteiger partial charge in [-0.05, 0) is 47.9 Å². The van der Waals surface area contributed by atoms with Crippen molar-refractivity contribution in [3.05, 3.63) is 74.4 Å². The van der Waals surface area contributed by atoms with Crippen LogP contribution in [0.25, 0.3) is 0 Å². The summed E-state index contributed by atoms with van der Waals surface area (Å²) in [5.41, 5.74) is 1.97. The fourth-order valence-corrected chi connectivity index (χ4v) is 5.21. The molecule has 0 N–H and O–H groups in total. The summed E-state index contributed by atoms with van der Waals surface area (Å²) in [5, 5.41) is 11.4. The number of amides is 1. The Hall–Kier alpha value is -2.64. The van der Waals surface area contributed by atoms with E-state index in [0.29, 0.717) is 29.8 Å². The number of carbonyl (C=O) groups excluding carboxylic acids is 2. The van der Waals surface area contributed by atoms with Gasteiger partial charge in [0.1, 0.15) is 5.02 Å². The molecule has 4 rings (SSSR count). The minimum absolute atomic E-state index is 0.00391. The van der Waals surface area contributed by atoms with E-state index in [1.165, 1.54) is 17.0 Å². The minimum Gasteiger partial charge on any atom is -0.294 e. The van der Waals surface area contributed by atoms with Gasteiger partial charge in [-0.1, -0.05) is 37.6 Å². The van der Waals surface area contributed by atoms with Gasteiger partial charge in [0.25, 0.3) is 5.69 Å². The fourth-order valence-electron chi connectivity index (χ4n) is 4.62. The lowest BCUT2D eigenvalue weighted by molar-refractivity contribution is -0.384. The molecule has 0 radical (unpaired) electrons. The van der Waals surface area contributed by atoms with Crippen LogP contribution in [0.15, 0.2) is 58.6 Å². The molecule has 32 heavy (non-hydrogen) atoms. The van der Waals surface area contributed by atoms with Crippen LogP contribution in [0.5, 0.6) is 0 Å². The number of carbonyl (C=O) groups is 2. The number of ketones is 1. The van der Waals surface area contributed by atoms with E-state index in [2.05, 4.69) is 0 Å². The predicted molar refractivity (Wildman–Crippen MR) is 126 cm³/mol. The number of Topliss-reactive ketones (excluding diaryl/α,β-unsaturated/α-hetero) is 1. The van der Waals surface area contributed by atoms with E-state index in [1.54, 1.807) is 17.8 Å². The highest BCUT2D eigenvalue weighted by Crippen LogP contribution is 2.48. The molecule has 166 valence electrons. The maximum Gasteiger partial charge on any atom is 0.289 e. The van der Waals surface area contributed by atoms with E-state index in [0.717, 1.165) is 10.5 Å². The topological polar surface area (TPSA) is 80.5 Å². The maximum atomic E-state index is 13.4. The number of hydrogen-bond acceptors (Lipinski definition) is 5. The van der Waals surface area contributed by atoms with Gasteiger partial charge in [0.05, 0.1) is 10.6 Å². The number of halogens is 1. The van der Waals surface area contributed by atoms with Crippen molar-refractivity contribution in [1.82, 2.24) is 0 Å². The van der Waals surface area contributed by atoms with Crippen molar-refractivity contribution < 1.29 is 14.5 Å². The van der Waals surface area contributed by atoms with Crippen molar-refractivity contribution >= 4 is 46.4 Å². The van der Waals surface area contributed by atoms with E-state index >= 15 is 0 Å². The number of nitro benzene ring substituents is 1. The summed E-state index contributed by atoms with van der Waals surface area (Å²) in [6, 6.07) is 12.3. The average molecular weight is 471 g/mol. The molecule has 1 unspecified atom stereocenters. The van der Waals surface area contributed by atoms with Crippen molar-refractivity contribution in [2.24, 2.45) is 5.41 Å². The molecule has 0 saturated heterocycles. The summed E-state index contributed by atoms with van der Waals surface area (Å²) in [4.78, 5) is 40.2. The van der Waals surface area contributed by atoms with Crippen molar-refractivity contribution in [3.8, 4) is 0 Å². The molecule has 0 fully saturated rings. The van der Waals surface area contributed by atoms with Crippen LogP contribution in [0.3, 0.4) is 0 Å². The first-order valence-electron chi connectivity index (χ1n) is 10.3. The number of nitrogens with zero attached hydrogens (tertiary/aromatic N) is 2. The third kappa shape index (κ3) is 4.07. The molecule has 2 aliphatic rings. The van der Waals surface area contributed by atoms with Gasteiger partial charge < -0.3 is 0 Å². The Balaban J connectivity index is 1.88. The van der Waals surface area contributed by atoms with Crippen LogP contribution in [0.1, 0.15) is 44.6 Å². The van der Waals surface area contributed by atoms with Gasteiger partial charge in [-0.2, -0.15) is 0 Å². The highest BCUT2D eigenvalue weighted by molar-refractivity contribution is 7.98. The molecule has 1 aliphatic carbocycles. The quantitative estimate of drug-likeness (QED) is 0.305. The number of thioether (sulfide) groups is 1. The molecule has 2 aromatic carbocycles. The Morgan fingerprint density at radius 3 is 2.44 bits per heavy atom. The standard InChI is InChI=1S/C24H23ClN2O4S/c1-24(2)12-20-23(21(28)13-24)17(14-4-7-16(32-3)8-5-14)11-22(29)26(20)15-6-9-18(25)19(10-15)27(30)31/h4-10,17H,11-13H2,1-3H3. The Morgan fingerprint density at radius 1 is 1.12 bits per heavy atom. The molecule has 1 atom stereocenters. The van der Waals surface area contributed by atoms with Crippen molar-refractivity contribution in [1.29, 1.82) is 0 Å². The normalized spacial score (nSPS) is 20.4. The molecule has 1 aliphatic heterocycles. The molecule has 2 aromatic rings. The van der Waals surface area contributed by atoms with Crippen LogP contribution in [-0.4, -0.2) is 22.9 Å². The van der Waals surface area contributed by atoms with Crippen LogP contribution >= 0.6 is 23.4 Å². The molecule has 8 heteroatoms. The highest BCUT2D eigenvalue weighted by atomic mass is 35.5. The first-order chi connectivity index (χ1) is 15.1. The van der Waals surface area contributed by atoms with Crippen LogP contribution < -0.4 is 4.90 Å². The Labute approximate surface area is 195 Å². The average Bonchev–Trinajstić information content (AvgIpc) is 2.73. The molecule has 1 amide bonds. The van der Waals surface area contributed by atoms with Gasteiger partial charge in [-0.25, -0.2) is 0 Å². The third-order valence-corrected chi connectivity index (χ3v) is 7.11. The number of hydrogen-bond donors (Lipinski definition) is 0. The molecule has 0 saturated carbocycles. The van der Waals surface area contributed by atoms with Gasteiger partial charge in [0.15, 0.2) is 5.78 Å². The monoisotopic (exact) mass is 470 g/mol. The Kier molecular flexibility index (Phi) is 5.90.